The van der Waals surface area contributed by atoms with Crippen LogP contribution in [0, 0.1) is 0 Å². The van der Waals surface area contributed by atoms with E-state index in [1.165, 1.54) is 244 Å². The summed E-state index contributed by atoms with van der Waals surface area (Å²) in [5.74, 6) is -0.843. The van der Waals surface area contributed by atoms with Crippen LogP contribution in [0.25, 0.3) is 0 Å². The first-order valence-electron chi connectivity index (χ1n) is 41.3. The number of allylic oxidation sites excluding steroid dienone is 20. The van der Waals surface area contributed by atoms with E-state index in [1.54, 1.807) is 0 Å². The number of esters is 2. The lowest BCUT2D eigenvalue weighted by molar-refractivity contribution is -0.870. The van der Waals surface area contributed by atoms with Crippen LogP contribution >= 0.6 is 7.82 Å². The molecule has 0 rings (SSSR count). The number of carbonyl (C=O) groups is 2. The van der Waals surface area contributed by atoms with E-state index in [4.69, 9.17) is 18.5 Å². The van der Waals surface area contributed by atoms with E-state index in [9.17, 15) is 19.0 Å². The van der Waals surface area contributed by atoms with Gasteiger partial charge < -0.3 is 18.9 Å². The number of carbonyl (C=O) groups excluding carboxylic acids is 2. The number of hydrogen-bond donors (Lipinski definition) is 1. The van der Waals surface area contributed by atoms with Gasteiger partial charge in [0.1, 0.15) is 19.8 Å². The molecule has 0 aromatic heterocycles. The first kappa shape index (κ1) is 94.4. The van der Waals surface area contributed by atoms with Crippen molar-refractivity contribution < 1.29 is 42.1 Å². The first-order valence-corrected chi connectivity index (χ1v) is 42.8. The van der Waals surface area contributed by atoms with Crippen LogP contribution in [-0.2, 0) is 32.7 Å². The lowest BCUT2D eigenvalue weighted by Crippen LogP contribution is -2.37. The lowest BCUT2D eigenvalue weighted by Gasteiger charge is -2.24. The van der Waals surface area contributed by atoms with Gasteiger partial charge in [0.05, 0.1) is 27.7 Å². The van der Waals surface area contributed by atoms with Gasteiger partial charge in [-0.3, -0.25) is 18.6 Å². The fourth-order valence-electron chi connectivity index (χ4n) is 11.8. The van der Waals surface area contributed by atoms with E-state index in [2.05, 4.69) is 135 Å². The molecule has 0 aliphatic heterocycles. The molecule has 1 N–H and O–H groups in total. The number of hydrogen-bond acceptors (Lipinski definition) is 7. The van der Waals surface area contributed by atoms with Crippen LogP contribution in [0.1, 0.15) is 373 Å². The highest BCUT2D eigenvalue weighted by molar-refractivity contribution is 7.47. The largest absolute Gasteiger partial charge is 0.472 e. The van der Waals surface area contributed by atoms with Crippen molar-refractivity contribution in [3.63, 3.8) is 0 Å². The monoisotopic (exact) mass is 1390 g/mol. The van der Waals surface area contributed by atoms with Crippen LogP contribution in [0.3, 0.4) is 0 Å². The fourth-order valence-corrected chi connectivity index (χ4v) is 12.5. The van der Waals surface area contributed by atoms with Crippen LogP contribution in [0.5, 0.6) is 0 Å². The molecule has 2 atom stereocenters. The number of phosphoric acid groups is 1. The summed E-state index contributed by atoms with van der Waals surface area (Å²) in [6.07, 6.45) is 112. The summed E-state index contributed by atoms with van der Waals surface area (Å²) in [6, 6.07) is 0. The van der Waals surface area contributed by atoms with Gasteiger partial charge >= 0.3 is 19.8 Å². The number of nitrogens with zero attached hydrogens (tertiary/aromatic N) is 1. The Kier molecular flexibility index (Phi) is 74.7. The molecule has 2 unspecified atom stereocenters. The molecule has 98 heavy (non-hydrogen) atoms. The summed E-state index contributed by atoms with van der Waals surface area (Å²) in [6.45, 7) is 4.31. The predicted molar refractivity (Wildman–Crippen MR) is 427 cm³/mol. The molecule has 0 saturated carbocycles. The second kappa shape index (κ2) is 77.6. The predicted octanol–water partition coefficient (Wildman–Crippen LogP) is 27.7. The number of quaternary nitrogens is 1. The Morgan fingerprint density at radius 3 is 0.867 bits per heavy atom. The van der Waals surface area contributed by atoms with Gasteiger partial charge in [-0.2, -0.15) is 0 Å². The summed E-state index contributed by atoms with van der Waals surface area (Å²) in [7, 11) is 1.44. The standard InChI is InChI=1S/C88H156NO8P/c1-6-8-10-12-14-16-18-20-22-24-26-28-30-32-34-36-38-40-41-42-43-44-45-46-47-49-50-52-54-56-58-60-62-64-66-68-70-72-74-76-78-80-87(90)94-84-86(85-96-98(92,93)95-83-82-89(3,4)5)97-88(91)81-79-77-75-73-71-69-67-65-63-61-59-57-55-53-51-48-39-37-35-33-31-29-27-25-23-21-19-17-15-13-11-9-7-2/h9,11,15,17,21,23,27,29,33,35,39,48,53,55,59,61,65,67,71,73,86H,6-8,10,12-14,16,18-20,22,24-26,28,30-32,34,36-38,40-47,49-52,54,56-58,60,62-64,66,68-70,72,74-85H2,1-5H3/p+1/b11-9-,17-15-,23-21-,29-27-,35-33-,48-39-,55-53-,61-59-,67-65-,73-71-. The quantitative estimate of drug-likeness (QED) is 0.0211. The summed E-state index contributed by atoms with van der Waals surface area (Å²) in [4.78, 5) is 36.0. The summed E-state index contributed by atoms with van der Waals surface area (Å²) < 4.78 is 34.7. The highest BCUT2D eigenvalue weighted by Gasteiger charge is 2.27. The van der Waals surface area contributed by atoms with Crippen molar-refractivity contribution in [1.29, 1.82) is 0 Å². The van der Waals surface area contributed by atoms with Crippen molar-refractivity contribution in [2.75, 3.05) is 47.5 Å². The molecule has 566 valence electrons. The van der Waals surface area contributed by atoms with Gasteiger partial charge in [0, 0.05) is 12.8 Å². The number of likely N-dealkylation sites (N-methyl/N-ethyl adjacent to an activating group) is 1. The van der Waals surface area contributed by atoms with Crippen molar-refractivity contribution >= 4 is 19.8 Å². The molecule has 0 aliphatic rings. The van der Waals surface area contributed by atoms with Gasteiger partial charge in [-0.05, 0) is 89.9 Å². The van der Waals surface area contributed by atoms with Crippen LogP contribution in [-0.4, -0.2) is 74.9 Å². The molecule has 0 fully saturated rings. The summed E-state index contributed by atoms with van der Waals surface area (Å²) in [5, 5.41) is 0. The molecule has 0 aliphatic carbocycles. The Balaban J connectivity index is 3.99. The van der Waals surface area contributed by atoms with E-state index in [-0.39, 0.29) is 32.0 Å². The highest BCUT2D eigenvalue weighted by Crippen LogP contribution is 2.43. The van der Waals surface area contributed by atoms with E-state index in [0.29, 0.717) is 17.4 Å². The third-order valence-corrected chi connectivity index (χ3v) is 19.0. The van der Waals surface area contributed by atoms with Crippen molar-refractivity contribution in [1.82, 2.24) is 0 Å². The average Bonchev–Trinajstić information content (AvgIpc) is 1.08. The Morgan fingerprint density at radius 2 is 0.582 bits per heavy atom. The van der Waals surface area contributed by atoms with Gasteiger partial charge in [-0.25, -0.2) is 4.57 Å². The fraction of sp³-hybridized carbons (Fsp3) is 0.750. The van der Waals surface area contributed by atoms with Gasteiger partial charge in [-0.15, -0.1) is 0 Å². The Labute approximate surface area is 607 Å². The van der Waals surface area contributed by atoms with Crippen LogP contribution in [0.2, 0.25) is 0 Å². The molecule has 9 nitrogen and oxygen atoms in total. The molecular formula is C88H157NO8P+. The van der Waals surface area contributed by atoms with Crippen LogP contribution in [0.15, 0.2) is 122 Å². The second-order valence-electron chi connectivity index (χ2n) is 28.8. The molecule has 0 radical (unpaired) electrons. The summed E-state index contributed by atoms with van der Waals surface area (Å²) >= 11 is 0. The molecule has 0 saturated heterocycles. The number of rotatable bonds is 76. The molecule has 0 bridgehead atoms. The van der Waals surface area contributed by atoms with E-state index in [1.807, 2.05) is 21.1 Å². The SMILES string of the molecule is CC/C=C\C/C=C\C/C=C\C/C=C\C/C=C\C/C=C\C/C=C\C/C=C\C/C=C\C/C=C\CCCCC(=O)OC(COC(=O)CCCCCCCCCCCCCCCCCCCCCCCCCCCCCCCCCCCCCCCCCCC)COP(=O)(O)OCC[N+](C)(C)C. The zero-order chi connectivity index (χ0) is 71.1. The molecule has 0 aromatic carbocycles. The van der Waals surface area contributed by atoms with E-state index in [0.717, 1.165) is 96.3 Å². The van der Waals surface area contributed by atoms with Gasteiger partial charge in [-0.1, -0.05) is 392 Å². The third kappa shape index (κ3) is 81.4. The van der Waals surface area contributed by atoms with Crippen molar-refractivity contribution in [3.05, 3.63) is 122 Å². The van der Waals surface area contributed by atoms with Gasteiger partial charge in [0.15, 0.2) is 6.10 Å². The molecule has 0 amide bonds. The molecular weight excluding hydrogens is 1230 g/mol. The molecule has 0 heterocycles. The maximum absolute atomic E-state index is 12.9. The minimum absolute atomic E-state index is 0.0182. The third-order valence-electron chi connectivity index (χ3n) is 18.0. The zero-order valence-electron chi connectivity index (χ0n) is 64.8. The van der Waals surface area contributed by atoms with Gasteiger partial charge in [0.2, 0.25) is 0 Å². The number of ether oxygens (including phenoxy) is 2. The second-order valence-corrected chi connectivity index (χ2v) is 30.2. The molecule has 10 heteroatoms. The van der Waals surface area contributed by atoms with Crippen LogP contribution < -0.4 is 0 Å². The minimum atomic E-state index is -4.42. The Hall–Kier alpha value is -3.59. The first-order chi connectivity index (χ1) is 48.0. The number of unbranched alkanes of at least 4 members (excludes halogenated alkanes) is 42. The van der Waals surface area contributed by atoms with E-state index < -0.39 is 26.5 Å². The number of phosphoric ester groups is 1. The average molecular weight is 1390 g/mol. The Bertz CT molecular complexity index is 2070. The topological polar surface area (TPSA) is 108 Å². The maximum Gasteiger partial charge on any atom is 0.472 e. The smallest absolute Gasteiger partial charge is 0.462 e. The normalized spacial score (nSPS) is 13.7. The van der Waals surface area contributed by atoms with Crippen LogP contribution in [0.4, 0.5) is 0 Å². The minimum Gasteiger partial charge on any atom is -0.462 e. The van der Waals surface area contributed by atoms with Gasteiger partial charge in [0.25, 0.3) is 0 Å². The Morgan fingerprint density at radius 1 is 0.327 bits per heavy atom. The maximum atomic E-state index is 12.9. The van der Waals surface area contributed by atoms with Crippen molar-refractivity contribution in [2.45, 2.75) is 380 Å². The molecule has 0 aromatic rings. The van der Waals surface area contributed by atoms with Crippen molar-refractivity contribution in [2.24, 2.45) is 0 Å². The zero-order valence-corrected chi connectivity index (χ0v) is 65.6. The van der Waals surface area contributed by atoms with E-state index >= 15 is 0 Å². The highest BCUT2D eigenvalue weighted by atomic mass is 31.2. The van der Waals surface area contributed by atoms with Crippen molar-refractivity contribution in [3.8, 4) is 0 Å². The molecule has 0 spiro atoms. The summed E-state index contributed by atoms with van der Waals surface area (Å²) in [5.41, 5.74) is 0. The lowest BCUT2D eigenvalue weighted by atomic mass is 10.0.